The molecule has 0 unspecified atom stereocenters. The monoisotopic (exact) mass is 279 g/mol. The van der Waals surface area contributed by atoms with Gasteiger partial charge in [0.15, 0.2) is 0 Å². The highest BCUT2D eigenvalue weighted by Gasteiger charge is 2.28. The maximum atomic E-state index is 5.81. The van der Waals surface area contributed by atoms with Crippen molar-refractivity contribution in [2.45, 2.75) is 19.1 Å². The highest BCUT2D eigenvalue weighted by atomic mass is 79.9. The van der Waals surface area contributed by atoms with Gasteiger partial charge in [-0.1, -0.05) is 40.2 Å². The molecule has 0 spiro atoms. The van der Waals surface area contributed by atoms with E-state index in [1.807, 2.05) is 24.3 Å². The summed E-state index contributed by atoms with van der Waals surface area (Å²) in [4.78, 5) is 4.54. The summed E-state index contributed by atoms with van der Waals surface area (Å²) in [5.41, 5.74) is 2.25. The first-order valence-electron chi connectivity index (χ1n) is 5.25. The first-order valence-corrected chi connectivity index (χ1v) is 6.37. The highest BCUT2D eigenvalue weighted by molar-refractivity contribution is 9.09. The van der Waals surface area contributed by atoms with Crippen LogP contribution in [0.25, 0.3) is 0 Å². The Morgan fingerprint density at radius 1 is 1.50 bits per heavy atom. The quantitative estimate of drug-likeness (QED) is 0.616. The second-order valence-electron chi connectivity index (χ2n) is 3.79. The normalized spacial score (nSPS) is 23.8. The van der Waals surface area contributed by atoms with E-state index in [1.165, 1.54) is 5.56 Å². The summed E-state index contributed by atoms with van der Waals surface area (Å²) in [5, 5.41) is 0.766. The topological polar surface area (TPSA) is 21.6 Å². The first-order chi connectivity index (χ1) is 7.76. The van der Waals surface area contributed by atoms with Crippen LogP contribution in [0.5, 0.6) is 0 Å². The highest BCUT2D eigenvalue weighted by Crippen LogP contribution is 2.22. The smallest absolute Gasteiger partial charge is 0.217 e. The van der Waals surface area contributed by atoms with Crippen LogP contribution in [0.1, 0.15) is 11.1 Å². The summed E-state index contributed by atoms with van der Waals surface area (Å²) in [7, 11) is 0. The van der Waals surface area contributed by atoms with E-state index in [0.29, 0.717) is 0 Å². The van der Waals surface area contributed by atoms with Gasteiger partial charge in [0.25, 0.3) is 0 Å². The van der Waals surface area contributed by atoms with Gasteiger partial charge < -0.3 is 4.74 Å². The van der Waals surface area contributed by atoms with Crippen molar-refractivity contribution >= 4 is 21.8 Å². The van der Waals surface area contributed by atoms with E-state index in [9.17, 15) is 0 Å². The lowest BCUT2D eigenvalue weighted by molar-refractivity contribution is 0.233. The molecule has 1 heterocycles. The Labute approximate surface area is 104 Å². The molecule has 0 aromatic heterocycles. The van der Waals surface area contributed by atoms with Crippen molar-refractivity contribution in [3.8, 4) is 0 Å². The first kappa shape index (κ1) is 11.4. The zero-order valence-corrected chi connectivity index (χ0v) is 10.8. The van der Waals surface area contributed by atoms with Crippen molar-refractivity contribution in [3.63, 3.8) is 0 Å². The van der Waals surface area contributed by atoms with E-state index in [2.05, 4.69) is 40.5 Å². The number of alkyl halides is 1. The molecule has 0 N–H and O–H groups in total. The van der Waals surface area contributed by atoms with Crippen LogP contribution in [-0.4, -0.2) is 23.4 Å². The molecule has 0 bridgehead atoms. The van der Waals surface area contributed by atoms with Gasteiger partial charge in [-0.05, 0) is 18.6 Å². The van der Waals surface area contributed by atoms with Crippen LogP contribution < -0.4 is 0 Å². The lowest BCUT2D eigenvalue weighted by atomic mass is 10.1. The number of ether oxygens (including phenoxy) is 1. The van der Waals surface area contributed by atoms with E-state index in [-0.39, 0.29) is 12.1 Å². The van der Waals surface area contributed by atoms with Crippen LogP contribution in [0.3, 0.4) is 0 Å². The molecule has 3 heteroatoms. The van der Waals surface area contributed by atoms with Gasteiger partial charge in [0.05, 0.1) is 0 Å². The van der Waals surface area contributed by atoms with Gasteiger partial charge >= 0.3 is 0 Å². The Hall–Kier alpha value is -1.09. The minimum absolute atomic E-state index is 0.0500. The van der Waals surface area contributed by atoms with E-state index < -0.39 is 0 Å². The second-order valence-corrected chi connectivity index (χ2v) is 4.43. The molecule has 1 aromatic carbocycles. The summed E-state index contributed by atoms with van der Waals surface area (Å²) in [6, 6.07) is 8.16. The molecule has 0 radical (unpaired) electrons. The van der Waals surface area contributed by atoms with E-state index >= 15 is 0 Å². The maximum absolute atomic E-state index is 5.81. The van der Waals surface area contributed by atoms with Crippen molar-refractivity contribution in [3.05, 3.63) is 48.0 Å². The molecule has 0 saturated heterocycles. The van der Waals surface area contributed by atoms with Crippen molar-refractivity contribution < 1.29 is 4.74 Å². The average Bonchev–Trinajstić information content (AvgIpc) is 2.72. The van der Waals surface area contributed by atoms with Crippen LogP contribution in [0, 0.1) is 6.92 Å². The Bertz CT molecular complexity index is 428. The SMILES string of the molecule is C=C[C@@H]1N=C(c2ccccc2C)O[C@@H]1CBr. The number of aryl methyl sites for hydroxylation is 1. The van der Waals surface area contributed by atoms with E-state index in [4.69, 9.17) is 4.74 Å². The molecule has 2 rings (SSSR count). The molecule has 2 atom stereocenters. The summed E-state index contributed by atoms with van der Waals surface area (Å²) < 4.78 is 5.81. The van der Waals surface area contributed by atoms with Gasteiger partial charge in [-0.25, -0.2) is 4.99 Å². The molecular formula is C13H14BrNO. The minimum Gasteiger partial charge on any atom is -0.471 e. The molecule has 1 aliphatic rings. The van der Waals surface area contributed by atoms with Crippen LogP contribution in [0.2, 0.25) is 0 Å². The lowest BCUT2D eigenvalue weighted by Crippen LogP contribution is -2.22. The molecule has 2 nitrogen and oxygen atoms in total. The number of halogens is 1. The molecule has 1 aromatic rings. The summed E-state index contributed by atoms with van der Waals surface area (Å²) in [5.74, 6) is 0.729. The Balaban J connectivity index is 2.30. The van der Waals surface area contributed by atoms with Crippen LogP contribution in [0.15, 0.2) is 41.9 Å². The van der Waals surface area contributed by atoms with Gasteiger partial charge in [0.2, 0.25) is 5.90 Å². The number of hydrogen-bond donors (Lipinski definition) is 0. The fraction of sp³-hybridized carbons (Fsp3) is 0.308. The van der Waals surface area contributed by atoms with Gasteiger partial charge in [-0.15, -0.1) is 6.58 Å². The molecule has 1 aliphatic heterocycles. The van der Waals surface area contributed by atoms with Crippen molar-refractivity contribution in [2.24, 2.45) is 4.99 Å². The molecule has 0 aliphatic carbocycles. The van der Waals surface area contributed by atoms with Crippen molar-refractivity contribution in [1.29, 1.82) is 0 Å². The number of rotatable bonds is 3. The van der Waals surface area contributed by atoms with Crippen LogP contribution in [-0.2, 0) is 4.74 Å². The Morgan fingerprint density at radius 3 is 2.81 bits per heavy atom. The second kappa shape index (κ2) is 4.83. The van der Waals surface area contributed by atoms with Gasteiger partial charge in [-0.2, -0.15) is 0 Å². The van der Waals surface area contributed by atoms with Crippen LogP contribution >= 0.6 is 15.9 Å². The molecule has 0 fully saturated rings. The molecule has 0 saturated carbocycles. The number of aliphatic imine (C=N–C) groups is 1. The summed E-state index contributed by atoms with van der Waals surface area (Å²) >= 11 is 3.43. The molecule has 16 heavy (non-hydrogen) atoms. The molecular weight excluding hydrogens is 266 g/mol. The molecule has 0 amide bonds. The summed E-state index contributed by atoms with van der Waals surface area (Å²) in [6.45, 7) is 5.84. The van der Waals surface area contributed by atoms with E-state index in [1.54, 1.807) is 0 Å². The van der Waals surface area contributed by atoms with E-state index in [0.717, 1.165) is 16.8 Å². The maximum Gasteiger partial charge on any atom is 0.217 e. The van der Waals surface area contributed by atoms with Gasteiger partial charge in [0, 0.05) is 10.9 Å². The van der Waals surface area contributed by atoms with Crippen molar-refractivity contribution in [2.75, 3.05) is 5.33 Å². The predicted octanol–water partition coefficient (Wildman–Crippen LogP) is 3.09. The number of nitrogens with zero attached hydrogens (tertiary/aromatic N) is 1. The average molecular weight is 280 g/mol. The fourth-order valence-electron chi connectivity index (χ4n) is 1.74. The predicted molar refractivity (Wildman–Crippen MR) is 70.4 cm³/mol. The van der Waals surface area contributed by atoms with Crippen molar-refractivity contribution in [1.82, 2.24) is 0 Å². The standard InChI is InChI=1S/C13H14BrNO/c1-3-11-12(8-14)16-13(15-11)10-7-5-4-6-9(10)2/h3-7,11-12H,1,8H2,2H3/t11-,12+/m0/s1. The van der Waals surface area contributed by atoms with Crippen LogP contribution in [0.4, 0.5) is 0 Å². The number of benzene rings is 1. The largest absolute Gasteiger partial charge is 0.471 e. The summed E-state index contributed by atoms with van der Waals surface area (Å²) in [6.07, 6.45) is 1.89. The van der Waals surface area contributed by atoms with Gasteiger partial charge in [-0.3, -0.25) is 0 Å². The minimum atomic E-state index is 0.0500. The fourth-order valence-corrected chi connectivity index (χ4v) is 2.25. The lowest BCUT2D eigenvalue weighted by Gasteiger charge is -2.12. The Kier molecular flexibility index (Phi) is 3.44. The molecule has 84 valence electrons. The zero-order chi connectivity index (χ0) is 11.5. The third-order valence-corrected chi connectivity index (χ3v) is 3.32. The van der Waals surface area contributed by atoms with Gasteiger partial charge in [0.1, 0.15) is 12.1 Å². The number of hydrogen-bond acceptors (Lipinski definition) is 2. The zero-order valence-electron chi connectivity index (χ0n) is 9.19. The third kappa shape index (κ3) is 2.05. The Morgan fingerprint density at radius 2 is 2.25 bits per heavy atom. The third-order valence-electron chi connectivity index (χ3n) is 2.68.